The van der Waals surface area contributed by atoms with Gasteiger partial charge in [0.15, 0.2) is 0 Å². The van der Waals surface area contributed by atoms with Gasteiger partial charge in [0, 0.05) is 0 Å². The molecule has 0 heterocycles. The van der Waals surface area contributed by atoms with Crippen molar-refractivity contribution in [1.29, 1.82) is 5.26 Å². The highest BCUT2D eigenvalue weighted by atomic mass is 19.1. The number of hydrogen-bond acceptors (Lipinski definition) is 1. The van der Waals surface area contributed by atoms with Crippen LogP contribution < -0.4 is 0 Å². The van der Waals surface area contributed by atoms with Gasteiger partial charge in [-0.1, -0.05) is 26.3 Å². The topological polar surface area (TPSA) is 23.8 Å². The van der Waals surface area contributed by atoms with Crippen LogP contribution in [0.2, 0.25) is 0 Å². The molecule has 1 aromatic rings. The van der Waals surface area contributed by atoms with E-state index in [1.165, 1.54) is 6.07 Å². The summed E-state index contributed by atoms with van der Waals surface area (Å²) in [5.74, 6) is 0.224. The van der Waals surface area contributed by atoms with Gasteiger partial charge in [0.1, 0.15) is 5.82 Å². The molecule has 1 atom stereocenters. The summed E-state index contributed by atoms with van der Waals surface area (Å²) in [5, 5.41) is 8.56. The van der Waals surface area contributed by atoms with Gasteiger partial charge < -0.3 is 0 Å². The molecule has 1 unspecified atom stereocenters. The third kappa shape index (κ3) is 2.56. The van der Waals surface area contributed by atoms with E-state index in [1.807, 2.05) is 6.07 Å². The van der Waals surface area contributed by atoms with Gasteiger partial charge in [0.05, 0.1) is 11.6 Å². The molecule has 0 aliphatic rings. The van der Waals surface area contributed by atoms with E-state index in [2.05, 4.69) is 13.8 Å². The lowest BCUT2D eigenvalue weighted by Gasteiger charge is -2.08. The van der Waals surface area contributed by atoms with Crippen molar-refractivity contribution in [1.82, 2.24) is 0 Å². The predicted octanol–water partition coefficient (Wildman–Crippen LogP) is 3.29. The molecule has 1 rings (SSSR count). The maximum absolute atomic E-state index is 13.4. The molecule has 74 valence electrons. The van der Waals surface area contributed by atoms with Crippen LogP contribution in [0.15, 0.2) is 18.2 Å². The van der Waals surface area contributed by atoms with E-state index in [0.29, 0.717) is 17.0 Å². The molecule has 14 heavy (non-hydrogen) atoms. The van der Waals surface area contributed by atoms with Crippen molar-refractivity contribution in [2.45, 2.75) is 26.7 Å². The summed E-state index contributed by atoms with van der Waals surface area (Å²) in [6.07, 6.45) is 1.79. The zero-order chi connectivity index (χ0) is 10.6. The predicted molar refractivity (Wildman–Crippen MR) is 54.3 cm³/mol. The highest BCUT2D eigenvalue weighted by molar-refractivity contribution is 5.32. The van der Waals surface area contributed by atoms with Gasteiger partial charge in [0.25, 0.3) is 0 Å². The van der Waals surface area contributed by atoms with Crippen molar-refractivity contribution in [2.75, 3.05) is 0 Å². The first-order valence-corrected chi connectivity index (χ1v) is 4.86. The number of nitriles is 1. The van der Waals surface area contributed by atoms with Crippen molar-refractivity contribution in [3.63, 3.8) is 0 Å². The molecule has 0 aromatic heterocycles. The molecule has 0 saturated heterocycles. The average Bonchev–Trinajstić information content (AvgIpc) is 2.20. The molecule has 2 heteroatoms. The number of hydrogen-bond donors (Lipinski definition) is 0. The Kier molecular flexibility index (Phi) is 3.64. The summed E-state index contributed by atoms with van der Waals surface area (Å²) in [5.41, 5.74) is 1.09. The van der Waals surface area contributed by atoms with E-state index in [4.69, 9.17) is 5.26 Å². The first kappa shape index (κ1) is 10.7. The molecule has 0 saturated carbocycles. The molecular weight excluding hydrogens is 177 g/mol. The smallest absolute Gasteiger partial charge is 0.127 e. The highest BCUT2D eigenvalue weighted by Gasteiger charge is 2.06. The van der Waals surface area contributed by atoms with Crippen LogP contribution in [-0.2, 0) is 6.42 Å². The van der Waals surface area contributed by atoms with Crippen LogP contribution in [0, 0.1) is 23.1 Å². The van der Waals surface area contributed by atoms with Crippen LogP contribution in [0.4, 0.5) is 4.39 Å². The first-order chi connectivity index (χ1) is 6.67. The van der Waals surface area contributed by atoms with Gasteiger partial charge in [-0.3, -0.25) is 0 Å². The van der Waals surface area contributed by atoms with Crippen molar-refractivity contribution >= 4 is 0 Å². The van der Waals surface area contributed by atoms with Gasteiger partial charge in [0.2, 0.25) is 0 Å². The minimum Gasteiger partial charge on any atom is -0.207 e. The molecule has 0 radical (unpaired) electrons. The number of rotatable bonds is 3. The van der Waals surface area contributed by atoms with Gasteiger partial charge >= 0.3 is 0 Å². The molecule has 0 aliphatic carbocycles. The summed E-state index contributed by atoms with van der Waals surface area (Å²) in [6, 6.07) is 6.60. The molecule has 0 aliphatic heterocycles. The Labute approximate surface area is 84.2 Å². The van der Waals surface area contributed by atoms with Gasteiger partial charge in [-0.2, -0.15) is 5.26 Å². The Bertz CT molecular complexity index is 352. The standard InChI is InChI=1S/C12H14FN/c1-3-9(2)6-11-5-4-10(8-14)7-12(11)13/h4-5,7,9H,3,6H2,1-2H3. The van der Waals surface area contributed by atoms with E-state index in [9.17, 15) is 4.39 Å². The average molecular weight is 191 g/mol. The Morgan fingerprint density at radius 2 is 2.21 bits per heavy atom. The highest BCUT2D eigenvalue weighted by Crippen LogP contribution is 2.16. The van der Waals surface area contributed by atoms with Gasteiger partial charge in [-0.05, 0) is 30.0 Å². The lowest BCUT2D eigenvalue weighted by Crippen LogP contribution is -2.00. The fraction of sp³-hybridized carbons (Fsp3) is 0.417. The molecule has 1 aromatic carbocycles. The summed E-state index contributed by atoms with van der Waals surface area (Å²) in [4.78, 5) is 0. The number of halogens is 1. The molecular formula is C12H14FN. The van der Waals surface area contributed by atoms with Crippen molar-refractivity contribution < 1.29 is 4.39 Å². The van der Waals surface area contributed by atoms with Crippen LogP contribution in [0.5, 0.6) is 0 Å². The maximum Gasteiger partial charge on any atom is 0.127 e. The summed E-state index contributed by atoms with van der Waals surface area (Å²) in [6.45, 7) is 4.18. The Balaban J connectivity index is 2.85. The van der Waals surface area contributed by atoms with Crippen LogP contribution in [0.3, 0.4) is 0 Å². The Morgan fingerprint density at radius 3 is 2.71 bits per heavy atom. The quantitative estimate of drug-likeness (QED) is 0.719. The largest absolute Gasteiger partial charge is 0.207 e. The van der Waals surface area contributed by atoms with Crippen LogP contribution in [0.25, 0.3) is 0 Å². The van der Waals surface area contributed by atoms with Crippen LogP contribution in [0.1, 0.15) is 31.4 Å². The van der Waals surface area contributed by atoms with Gasteiger partial charge in [-0.25, -0.2) is 4.39 Å². The SMILES string of the molecule is CCC(C)Cc1ccc(C#N)cc1F. The molecule has 0 spiro atoms. The molecule has 1 nitrogen and oxygen atoms in total. The van der Waals surface area contributed by atoms with E-state index in [0.717, 1.165) is 12.8 Å². The zero-order valence-electron chi connectivity index (χ0n) is 8.55. The fourth-order valence-electron chi connectivity index (χ4n) is 1.30. The molecule has 0 amide bonds. The first-order valence-electron chi connectivity index (χ1n) is 4.86. The molecule has 0 fully saturated rings. The second-order valence-electron chi connectivity index (χ2n) is 3.64. The molecule has 0 N–H and O–H groups in total. The summed E-state index contributed by atoms with van der Waals surface area (Å²) >= 11 is 0. The number of nitrogens with zero attached hydrogens (tertiary/aromatic N) is 1. The van der Waals surface area contributed by atoms with E-state index < -0.39 is 0 Å². The van der Waals surface area contributed by atoms with E-state index in [1.54, 1.807) is 12.1 Å². The Morgan fingerprint density at radius 1 is 1.50 bits per heavy atom. The zero-order valence-corrected chi connectivity index (χ0v) is 8.55. The van der Waals surface area contributed by atoms with Crippen molar-refractivity contribution in [3.8, 4) is 6.07 Å². The minimum absolute atomic E-state index is 0.260. The number of benzene rings is 1. The van der Waals surface area contributed by atoms with E-state index >= 15 is 0 Å². The van der Waals surface area contributed by atoms with E-state index in [-0.39, 0.29) is 5.82 Å². The monoisotopic (exact) mass is 191 g/mol. The van der Waals surface area contributed by atoms with Gasteiger partial charge in [-0.15, -0.1) is 0 Å². The second-order valence-corrected chi connectivity index (χ2v) is 3.64. The Hall–Kier alpha value is -1.36. The molecule has 0 bridgehead atoms. The van der Waals surface area contributed by atoms with Crippen LogP contribution >= 0.6 is 0 Å². The second kappa shape index (κ2) is 4.76. The summed E-state index contributed by atoms with van der Waals surface area (Å²) in [7, 11) is 0. The van der Waals surface area contributed by atoms with Crippen molar-refractivity contribution in [3.05, 3.63) is 35.1 Å². The lowest BCUT2D eigenvalue weighted by atomic mass is 9.98. The normalized spacial score (nSPS) is 12.1. The minimum atomic E-state index is -0.260. The maximum atomic E-state index is 13.4. The third-order valence-electron chi connectivity index (χ3n) is 2.45. The lowest BCUT2D eigenvalue weighted by molar-refractivity contribution is 0.531. The summed E-state index contributed by atoms with van der Waals surface area (Å²) < 4.78 is 13.4. The van der Waals surface area contributed by atoms with Crippen LogP contribution in [-0.4, -0.2) is 0 Å². The van der Waals surface area contributed by atoms with Crippen molar-refractivity contribution in [2.24, 2.45) is 5.92 Å². The fourth-order valence-corrected chi connectivity index (χ4v) is 1.30. The third-order valence-corrected chi connectivity index (χ3v) is 2.45.